The molecule has 0 amide bonds. The van der Waals surface area contributed by atoms with Crippen LogP contribution in [0.25, 0.3) is 0 Å². The smallest absolute Gasteiger partial charge is 0.306 e. The van der Waals surface area contributed by atoms with Crippen molar-refractivity contribution >= 4 is 5.97 Å². The normalized spacial score (nSPS) is 15.9. The molecule has 1 N–H and O–H groups in total. The summed E-state index contributed by atoms with van der Waals surface area (Å²) >= 11 is 0. The van der Waals surface area contributed by atoms with Crippen LogP contribution >= 0.6 is 0 Å². The summed E-state index contributed by atoms with van der Waals surface area (Å²) in [5, 5.41) is 3.38. The summed E-state index contributed by atoms with van der Waals surface area (Å²) in [5.41, 5.74) is 4.03. The van der Waals surface area contributed by atoms with Crippen molar-refractivity contribution in [2.75, 3.05) is 13.2 Å². The van der Waals surface area contributed by atoms with Gasteiger partial charge in [-0.15, -0.1) is 0 Å². The third kappa shape index (κ3) is 3.10. The van der Waals surface area contributed by atoms with E-state index in [-0.39, 0.29) is 11.9 Å². The largest absolute Gasteiger partial charge is 0.466 e. The topological polar surface area (TPSA) is 38.3 Å². The predicted octanol–water partition coefficient (Wildman–Crippen LogP) is 2.39. The molecule has 0 saturated carbocycles. The molecule has 1 aliphatic rings. The minimum absolute atomic E-state index is 0.110. The van der Waals surface area contributed by atoms with Gasteiger partial charge in [0.2, 0.25) is 0 Å². The van der Waals surface area contributed by atoms with Crippen LogP contribution in [-0.4, -0.2) is 19.1 Å². The lowest BCUT2D eigenvalue weighted by atomic mass is 9.92. The van der Waals surface area contributed by atoms with Gasteiger partial charge >= 0.3 is 5.97 Å². The van der Waals surface area contributed by atoms with Gasteiger partial charge in [-0.25, -0.2) is 0 Å². The zero-order chi connectivity index (χ0) is 13.0. The van der Waals surface area contributed by atoms with Crippen LogP contribution in [0, 0.1) is 0 Å². The van der Waals surface area contributed by atoms with E-state index in [1.54, 1.807) is 0 Å². The van der Waals surface area contributed by atoms with E-state index >= 15 is 0 Å². The third-order valence-corrected chi connectivity index (χ3v) is 3.46. The Bertz CT molecular complexity index is 429. The van der Waals surface area contributed by atoms with E-state index < -0.39 is 0 Å². The van der Waals surface area contributed by atoms with Crippen molar-refractivity contribution in [1.82, 2.24) is 5.32 Å². The fourth-order valence-corrected chi connectivity index (χ4v) is 2.39. The average Bonchev–Trinajstić information content (AvgIpc) is 2.38. The average molecular weight is 247 g/mol. The van der Waals surface area contributed by atoms with Gasteiger partial charge in [0.25, 0.3) is 0 Å². The molecule has 3 nitrogen and oxygen atoms in total. The van der Waals surface area contributed by atoms with Gasteiger partial charge in [0.15, 0.2) is 0 Å². The second-order valence-corrected chi connectivity index (χ2v) is 4.87. The molecular weight excluding hydrogens is 226 g/mol. The maximum atomic E-state index is 11.5. The second kappa shape index (κ2) is 6.01. The molecule has 98 valence electrons. The summed E-state index contributed by atoms with van der Waals surface area (Å²) in [7, 11) is 0. The number of carbonyl (C=O) groups excluding carboxylic acids is 1. The van der Waals surface area contributed by atoms with Crippen molar-refractivity contribution < 1.29 is 9.53 Å². The Hall–Kier alpha value is -1.35. The van der Waals surface area contributed by atoms with Gasteiger partial charge in [-0.05, 0) is 42.5 Å². The summed E-state index contributed by atoms with van der Waals surface area (Å²) in [6.45, 7) is 6.38. The van der Waals surface area contributed by atoms with Crippen molar-refractivity contribution in [2.45, 2.75) is 39.2 Å². The molecule has 0 fully saturated rings. The van der Waals surface area contributed by atoms with Crippen molar-refractivity contribution in [3.8, 4) is 0 Å². The van der Waals surface area contributed by atoms with Crippen LogP contribution in [0.4, 0.5) is 0 Å². The Labute approximate surface area is 109 Å². The zero-order valence-corrected chi connectivity index (χ0v) is 11.2. The Kier molecular flexibility index (Phi) is 4.37. The lowest BCUT2D eigenvalue weighted by molar-refractivity contribution is -0.143. The van der Waals surface area contributed by atoms with Crippen LogP contribution in [-0.2, 0) is 22.5 Å². The van der Waals surface area contributed by atoms with Crippen LogP contribution in [0.1, 0.15) is 42.9 Å². The standard InChI is InChI=1S/C15H21NO2/c1-3-18-15(17)8-11(2)13-5-4-12-6-7-16-10-14(12)9-13/h4-5,9,11,16H,3,6-8,10H2,1-2H3. The molecule has 0 saturated heterocycles. The van der Waals surface area contributed by atoms with E-state index in [2.05, 4.69) is 30.4 Å². The molecule has 18 heavy (non-hydrogen) atoms. The Morgan fingerprint density at radius 1 is 1.44 bits per heavy atom. The molecule has 1 aliphatic heterocycles. The number of rotatable bonds is 4. The Balaban J connectivity index is 2.06. The van der Waals surface area contributed by atoms with E-state index in [1.807, 2.05) is 6.92 Å². The highest BCUT2D eigenvalue weighted by Crippen LogP contribution is 2.24. The number of hydrogen-bond acceptors (Lipinski definition) is 3. The molecule has 0 spiro atoms. The lowest BCUT2D eigenvalue weighted by Crippen LogP contribution is -2.23. The second-order valence-electron chi connectivity index (χ2n) is 4.87. The predicted molar refractivity (Wildman–Crippen MR) is 71.5 cm³/mol. The fraction of sp³-hybridized carbons (Fsp3) is 0.533. The molecule has 0 aromatic heterocycles. The first-order chi connectivity index (χ1) is 8.70. The number of benzene rings is 1. The van der Waals surface area contributed by atoms with E-state index in [4.69, 9.17) is 4.74 Å². The first-order valence-corrected chi connectivity index (χ1v) is 6.68. The summed E-state index contributed by atoms with van der Waals surface area (Å²) in [5.74, 6) is 0.108. The molecule has 1 aromatic carbocycles. The van der Waals surface area contributed by atoms with Gasteiger partial charge in [-0.1, -0.05) is 25.1 Å². The van der Waals surface area contributed by atoms with Crippen LogP contribution in [0.3, 0.4) is 0 Å². The minimum atomic E-state index is -0.110. The quantitative estimate of drug-likeness (QED) is 0.830. The van der Waals surface area contributed by atoms with Crippen molar-refractivity contribution in [1.29, 1.82) is 0 Å². The van der Waals surface area contributed by atoms with E-state index in [0.29, 0.717) is 13.0 Å². The number of nitrogens with one attached hydrogen (secondary N) is 1. The molecule has 2 rings (SSSR count). The van der Waals surface area contributed by atoms with Crippen molar-refractivity contribution in [3.63, 3.8) is 0 Å². The van der Waals surface area contributed by atoms with Crippen LogP contribution in [0.15, 0.2) is 18.2 Å². The van der Waals surface area contributed by atoms with Crippen molar-refractivity contribution in [3.05, 3.63) is 34.9 Å². The van der Waals surface area contributed by atoms with Gasteiger partial charge in [0.1, 0.15) is 0 Å². The lowest BCUT2D eigenvalue weighted by Gasteiger charge is -2.19. The highest BCUT2D eigenvalue weighted by Gasteiger charge is 2.15. The molecule has 1 aromatic rings. The van der Waals surface area contributed by atoms with Crippen LogP contribution in [0.5, 0.6) is 0 Å². The third-order valence-electron chi connectivity index (χ3n) is 3.46. The van der Waals surface area contributed by atoms with Crippen molar-refractivity contribution in [2.24, 2.45) is 0 Å². The highest BCUT2D eigenvalue weighted by atomic mass is 16.5. The summed E-state index contributed by atoms with van der Waals surface area (Å²) in [4.78, 5) is 11.5. The number of hydrogen-bond donors (Lipinski definition) is 1. The van der Waals surface area contributed by atoms with Gasteiger partial charge in [0, 0.05) is 6.54 Å². The molecule has 0 radical (unpaired) electrons. The van der Waals surface area contributed by atoms with Crippen LogP contribution < -0.4 is 5.32 Å². The number of esters is 1. The maximum Gasteiger partial charge on any atom is 0.306 e. The SMILES string of the molecule is CCOC(=O)CC(C)c1ccc2c(c1)CNCC2. The van der Waals surface area contributed by atoms with E-state index in [1.165, 1.54) is 16.7 Å². The molecule has 1 heterocycles. The van der Waals surface area contributed by atoms with Gasteiger partial charge in [-0.3, -0.25) is 4.79 Å². The van der Waals surface area contributed by atoms with Crippen LogP contribution in [0.2, 0.25) is 0 Å². The summed E-state index contributed by atoms with van der Waals surface area (Å²) < 4.78 is 5.00. The monoisotopic (exact) mass is 247 g/mol. The number of carbonyl (C=O) groups is 1. The van der Waals surface area contributed by atoms with Gasteiger partial charge in [-0.2, -0.15) is 0 Å². The molecule has 3 heteroatoms. The minimum Gasteiger partial charge on any atom is -0.466 e. The zero-order valence-electron chi connectivity index (χ0n) is 11.2. The van der Waals surface area contributed by atoms with Gasteiger partial charge < -0.3 is 10.1 Å². The number of fused-ring (bicyclic) bond motifs is 1. The molecular formula is C15H21NO2. The first-order valence-electron chi connectivity index (χ1n) is 6.68. The molecule has 1 unspecified atom stereocenters. The summed E-state index contributed by atoms with van der Waals surface area (Å²) in [6.07, 6.45) is 1.56. The van der Waals surface area contributed by atoms with E-state index in [0.717, 1.165) is 19.5 Å². The molecule has 0 aliphatic carbocycles. The maximum absolute atomic E-state index is 11.5. The Morgan fingerprint density at radius 3 is 3.06 bits per heavy atom. The Morgan fingerprint density at radius 2 is 2.28 bits per heavy atom. The molecule has 0 bridgehead atoms. The summed E-state index contributed by atoms with van der Waals surface area (Å²) in [6, 6.07) is 6.58. The van der Waals surface area contributed by atoms with Gasteiger partial charge in [0.05, 0.1) is 13.0 Å². The van der Waals surface area contributed by atoms with E-state index in [9.17, 15) is 4.79 Å². The highest BCUT2D eigenvalue weighted by molar-refractivity contribution is 5.70. The number of ether oxygens (including phenoxy) is 1. The first kappa shape index (κ1) is 13.1. The fourth-order valence-electron chi connectivity index (χ4n) is 2.39. The molecule has 1 atom stereocenters.